The minimum absolute atomic E-state index is 0.0903. The Morgan fingerprint density at radius 2 is 2.00 bits per heavy atom. The number of nitrogens with zero attached hydrogens (tertiary/aromatic N) is 1. The van der Waals surface area contributed by atoms with Crippen molar-refractivity contribution in [2.24, 2.45) is 0 Å². The highest BCUT2D eigenvalue weighted by Gasteiger charge is 2.07. The van der Waals surface area contributed by atoms with Crippen molar-refractivity contribution in [2.75, 3.05) is 12.9 Å². The molecule has 0 aromatic heterocycles. The molecule has 2 rings (SSSR count). The maximum atomic E-state index is 12.1. The fraction of sp³-hybridized carbons (Fsp3) is 0.176. The molecule has 21 heavy (non-hydrogen) atoms. The van der Waals surface area contributed by atoms with Gasteiger partial charge >= 0.3 is 0 Å². The second-order valence-electron chi connectivity index (χ2n) is 4.46. The minimum atomic E-state index is 0.0903. The standard InChI is InChI=1S/C17H15NO2S/c1-20-16-4-2-3-15(9-16)17(19)12-21-11-14-7-5-13(10-18)6-8-14/h2-9H,11-12H2,1H3. The first kappa shape index (κ1) is 15.1. The third-order valence-electron chi connectivity index (χ3n) is 2.98. The van der Waals surface area contributed by atoms with Gasteiger partial charge in [-0.1, -0.05) is 24.3 Å². The average Bonchev–Trinajstić information content (AvgIpc) is 2.55. The van der Waals surface area contributed by atoms with Gasteiger partial charge in [0, 0.05) is 11.3 Å². The smallest absolute Gasteiger partial charge is 0.172 e. The SMILES string of the molecule is COc1cccc(C(=O)CSCc2ccc(C#N)cc2)c1. The molecule has 3 nitrogen and oxygen atoms in total. The largest absolute Gasteiger partial charge is 0.497 e. The number of rotatable bonds is 6. The van der Waals surface area contributed by atoms with Crippen molar-refractivity contribution in [3.05, 3.63) is 65.2 Å². The Labute approximate surface area is 128 Å². The first-order valence-corrected chi connectivity index (χ1v) is 7.62. The van der Waals surface area contributed by atoms with Crippen molar-refractivity contribution < 1.29 is 9.53 Å². The Hall–Kier alpha value is -2.25. The Kier molecular flexibility index (Phi) is 5.42. The Morgan fingerprint density at radius 1 is 1.24 bits per heavy atom. The van der Waals surface area contributed by atoms with Crippen LogP contribution in [0.15, 0.2) is 48.5 Å². The summed E-state index contributed by atoms with van der Waals surface area (Å²) < 4.78 is 5.12. The van der Waals surface area contributed by atoms with Crippen LogP contribution in [0.4, 0.5) is 0 Å². The van der Waals surface area contributed by atoms with Crippen LogP contribution in [0.2, 0.25) is 0 Å². The van der Waals surface area contributed by atoms with Crippen LogP contribution in [0.5, 0.6) is 5.75 Å². The van der Waals surface area contributed by atoms with Gasteiger partial charge < -0.3 is 4.74 Å². The number of ketones is 1. The fourth-order valence-electron chi connectivity index (χ4n) is 1.82. The molecule has 0 aliphatic heterocycles. The molecule has 0 N–H and O–H groups in total. The summed E-state index contributed by atoms with van der Waals surface area (Å²) in [5.74, 6) is 1.96. The highest BCUT2D eigenvalue weighted by molar-refractivity contribution is 7.99. The minimum Gasteiger partial charge on any atom is -0.497 e. The highest BCUT2D eigenvalue weighted by atomic mass is 32.2. The molecule has 2 aromatic carbocycles. The van der Waals surface area contributed by atoms with Gasteiger partial charge in [-0.2, -0.15) is 5.26 Å². The number of hydrogen-bond donors (Lipinski definition) is 0. The number of nitriles is 1. The number of ether oxygens (including phenoxy) is 1. The van der Waals surface area contributed by atoms with E-state index in [2.05, 4.69) is 6.07 Å². The van der Waals surface area contributed by atoms with E-state index in [0.29, 0.717) is 22.6 Å². The Bertz CT molecular complexity index is 659. The van der Waals surface area contributed by atoms with Gasteiger partial charge in [0.15, 0.2) is 5.78 Å². The lowest BCUT2D eigenvalue weighted by atomic mass is 10.1. The van der Waals surface area contributed by atoms with Crippen LogP contribution in [0.1, 0.15) is 21.5 Å². The highest BCUT2D eigenvalue weighted by Crippen LogP contribution is 2.17. The fourth-order valence-corrected chi connectivity index (χ4v) is 2.70. The Morgan fingerprint density at radius 3 is 2.67 bits per heavy atom. The molecule has 0 radical (unpaired) electrons. The van der Waals surface area contributed by atoms with Gasteiger partial charge in [0.25, 0.3) is 0 Å². The van der Waals surface area contributed by atoms with Gasteiger partial charge in [-0.15, -0.1) is 11.8 Å². The number of hydrogen-bond acceptors (Lipinski definition) is 4. The number of Topliss-reactive ketones (excluding diaryl/α,β-unsaturated/α-hetero) is 1. The van der Waals surface area contributed by atoms with E-state index in [4.69, 9.17) is 10.00 Å². The molecule has 0 fully saturated rings. The maximum absolute atomic E-state index is 12.1. The topological polar surface area (TPSA) is 50.1 Å². The molecule has 4 heteroatoms. The summed E-state index contributed by atoms with van der Waals surface area (Å²) in [5.41, 5.74) is 2.43. The number of methoxy groups -OCH3 is 1. The molecule has 0 amide bonds. The predicted octanol–water partition coefficient (Wildman–Crippen LogP) is 3.68. The van der Waals surface area contributed by atoms with E-state index >= 15 is 0 Å². The van der Waals surface area contributed by atoms with E-state index in [1.807, 2.05) is 24.3 Å². The van der Waals surface area contributed by atoms with Crippen LogP contribution in [-0.4, -0.2) is 18.6 Å². The normalized spacial score (nSPS) is 9.90. The van der Waals surface area contributed by atoms with Crippen LogP contribution in [0.25, 0.3) is 0 Å². The molecule has 0 heterocycles. The van der Waals surface area contributed by atoms with E-state index in [9.17, 15) is 4.79 Å². The molecular weight excluding hydrogens is 282 g/mol. The van der Waals surface area contributed by atoms with Crippen molar-refractivity contribution >= 4 is 17.5 Å². The Balaban J connectivity index is 1.87. The summed E-state index contributed by atoms with van der Waals surface area (Å²) in [6.07, 6.45) is 0. The van der Waals surface area contributed by atoms with Crippen molar-refractivity contribution in [3.8, 4) is 11.8 Å². The zero-order valence-electron chi connectivity index (χ0n) is 11.7. The first-order chi connectivity index (χ1) is 10.2. The van der Waals surface area contributed by atoms with Crippen molar-refractivity contribution in [3.63, 3.8) is 0 Å². The molecule has 0 spiro atoms. The summed E-state index contributed by atoms with van der Waals surface area (Å²) in [5, 5.41) is 8.74. The number of benzene rings is 2. The van der Waals surface area contributed by atoms with E-state index in [0.717, 1.165) is 11.3 Å². The molecule has 106 valence electrons. The van der Waals surface area contributed by atoms with Crippen molar-refractivity contribution in [1.29, 1.82) is 5.26 Å². The summed E-state index contributed by atoms with van der Waals surface area (Å²) in [6, 6.07) is 16.7. The molecule has 0 saturated carbocycles. The monoisotopic (exact) mass is 297 g/mol. The molecule has 0 aliphatic carbocycles. The van der Waals surface area contributed by atoms with Crippen LogP contribution < -0.4 is 4.74 Å². The molecule has 0 saturated heterocycles. The number of thioether (sulfide) groups is 1. The summed E-state index contributed by atoms with van der Waals surface area (Å²) in [7, 11) is 1.59. The third kappa shape index (κ3) is 4.37. The van der Waals surface area contributed by atoms with E-state index in [1.54, 1.807) is 43.1 Å². The van der Waals surface area contributed by atoms with Crippen molar-refractivity contribution in [2.45, 2.75) is 5.75 Å². The van der Waals surface area contributed by atoms with Gasteiger partial charge in [0.05, 0.1) is 24.5 Å². The van der Waals surface area contributed by atoms with Gasteiger partial charge in [-0.25, -0.2) is 0 Å². The summed E-state index contributed by atoms with van der Waals surface area (Å²) in [4.78, 5) is 12.1. The third-order valence-corrected chi connectivity index (χ3v) is 3.98. The predicted molar refractivity (Wildman–Crippen MR) is 84.6 cm³/mol. The summed E-state index contributed by atoms with van der Waals surface area (Å²) >= 11 is 1.56. The van der Waals surface area contributed by atoms with Gasteiger partial charge in [0.2, 0.25) is 0 Å². The molecular formula is C17H15NO2S. The summed E-state index contributed by atoms with van der Waals surface area (Å²) in [6.45, 7) is 0. The van der Waals surface area contributed by atoms with Gasteiger partial charge in [-0.05, 0) is 29.8 Å². The quantitative estimate of drug-likeness (QED) is 0.763. The average molecular weight is 297 g/mol. The van der Waals surface area contributed by atoms with Gasteiger partial charge in [-0.3, -0.25) is 4.79 Å². The lowest BCUT2D eigenvalue weighted by Gasteiger charge is -2.04. The number of carbonyl (C=O) groups is 1. The van der Waals surface area contributed by atoms with Crippen LogP contribution in [0, 0.1) is 11.3 Å². The van der Waals surface area contributed by atoms with Crippen LogP contribution in [0.3, 0.4) is 0 Å². The lowest BCUT2D eigenvalue weighted by molar-refractivity contribution is 0.102. The van der Waals surface area contributed by atoms with Crippen LogP contribution >= 0.6 is 11.8 Å². The van der Waals surface area contributed by atoms with E-state index in [1.165, 1.54) is 0 Å². The molecule has 0 unspecified atom stereocenters. The van der Waals surface area contributed by atoms with Crippen LogP contribution in [-0.2, 0) is 5.75 Å². The maximum Gasteiger partial charge on any atom is 0.172 e. The molecule has 0 atom stereocenters. The van der Waals surface area contributed by atoms with E-state index in [-0.39, 0.29) is 5.78 Å². The van der Waals surface area contributed by atoms with Gasteiger partial charge in [0.1, 0.15) is 5.75 Å². The zero-order chi connectivity index (χ0) is 15.1. The van der Waals surface area contributed by atoms with Crippen molar-refractivity contribution in [1.82, 2.24) is 0 Å². The molecule has 0 bridgehead atoms. The molecule has 0 aliphatic rings. The number of carbonyl (C=O) groups excluding carboxylic acids is 1. The first-order valence-electron chi connectivity index (χ1n) is 6.47. The zero-order valence-corrected chi connectivity index (χ0v) is 12.5. The van der Waals surface area contributed by atoms with E-state index < -0.39 is 0 Å². The second-order valence-corrected chi connectivity index (χ2v) is 5.44. The lowest BCUT2D eigenvalue weighted by Crippen LogP contribution is -2.03. The molecule has 2 aromatic rings. The second kappa shape index (κ2) is 7.51.